The number of halogens is 1. The second kappa shape index (κ2) is 5.76. The van der Waals surface area contributed by atoms with E-state index in [9.17, 15) is 9.90 Å². The van der Waals surface area contributed by atoms with E-state index in [4.69, 9.17) is 11.6 Å². The summed E-state index contributed by atoms with van der Waals surface area (Å²) in [5.41, 5.74) is 0.556. The van der Waals surface area contributed by atoms with E-state index in [2.05, 4.69) is 5.32 Å². The SMILES string of the molecule is CCn1cc(Cl)cc1C(=O)NC1CCCCC1O. The van der Waals surface area contributed by atoms with Gasteiger partial charge in [-0.1, -0.05) is 24.4 Å². The first-order chi connectivity index (χ1) is 8.61. The number of carbonyl (C=O) groups excluding carboxylic acids is 1. The third-order valence-corrected chi connectivity index (χ3v) is 3.69. The van der Waals surface area contributed by atoms with Gasteiger partial charge in [0.25, 0.3) is 5.91 Å². The van der Waals surface area contributed by atoms with Crippen LogP contribution in [-0.2, 0) is 6.54 Å². The van der Waals surface area contributed by atoms with Gasteiger partial charge in [0.2, 0.25) is 0 Å². The molecule has 100 valence electrons. The summed E-state index contributed by atoms with van der Waals surface area (Å²) in [5.74, 6) is -0.158. The lowest BCUT2D eigenvalue weighted by atomic mass is 9.92. The van der Waals surface area contributed by atoms with Gasteiger partial charge in [-0.15, -0.1) is 0 Å². The summed E-state index contributed by atoms with van der Waals surface area (Å²) in [6.07, 6.45) is 5.01. The zero-order chi connectivity index (χ0) is 13.1. The first-order valence-electron chi connectivity index (χ1n) is 6.46. The van der Waals surface area contributed by atoms with Crippen molar-refractivity contribution in [2.24, 2.45) is 0 Å². The molecule has 1 saturated carbocycles. The number of hydrogen-bond donors (Lipinski definition) is 2. The van der Waals surface area contributed by atoms with E-state index in [1.807, 2.05) is 11.5 Å². The van der Waals surface area contributed by atoms with Crippen molar-refractivity contribution in [3.8, 4) is 0 Å². The molecule has 2 atom stereocenters. The second-order valence-electron chi connectivity index (χ2n) is 4.76. The van der Waals surface area contributed by atoms with Crippen LogP contribution >= 0.6 is 11.6 Å². The molecule has 4 nitrogen and oxygen atoms in total. The predicted octanol–water partition coefficient (Wildman–Crippen LogP) is 2.19. The maximum absolute atomic E-state index is 12.1. The Hall–Kier alpha value is -1.00. The average molecular weight is 271 g/mol. The molecule has 2 N–H and O–H groups in total. The molecule has 0 bridgehead atoms. The van der Waals surface area contributed by atoms with Crippen LogP contribution in [0, 0.1) is 0 Å². The molecule has 1 aliphatic carbocycles. The van der Waals surface area contributed by atoms with Gasteiger partial charge in [0.05, 0.1) is 17.2 Å². The number of aliphatic hydroxyl groups excluding tert-OH is 1. The van der Waals surface area contributed by atoms with Gasteiger partial charge in [-0.05, 0) is 25.8 Å². The summed E-state index contributed by atoms with van der Waals surface area (Å²) in [7, 11) is 0. The maximum Gasteiger partial charge on any atom is 0.268 e. The number of aromatic nitrogens is 1. The third kappa shape index (κ3) is 2.87. The molecule has 0 aromatic carbocycles. The number of aryl methyl sites for hydroxylation is 1. The zero-order valence-corrected chi connectivity index (χ0v) is 11.3. The number of carbonyl (C=O) groups is 1. The summed E-state index contributed by atoms with van der Waals surface area (Å²) in [4.78, 5) is 12.1. The molecule has 2 rings (SSSR count). The van der Waals surface area contributed by atoms with Gasteiger partial charge in [-0.25, -0.2) is 0 Å². The topological polar surface area (TPSA) is 54.3 Å². The van der Waals surface area contributed by atoms with Crippen molar-refractivity contribution in [1.29, 1.82) is 0 Å². The summed E-state index contributed by atoms with van der Waals surface area (Å²) in [5, 5.41) is 13.3. The van der Waals surface area contributed by atoms with Crippen LogP contribution in [0.25, 0.3) is 0 Å². The van der Waals surface area contributed by atoms with Gasteiger partial charge in [0.1, 0.15) is 5.69 Å². The van der Waals surface area contributed by atoms with Crippen LogP contribution in [0.2, 0.25) is 5.02 Å². The molecule has 2 unspecified atom stereocenters. The van der Waals surface area contributed by atoms with E-state index < -0.39 is 6.10 Å². The molecule has 1 fully saturated rings. The Bertz CT molecular complexity index is 431. The van der Waals surface area contributed by atoms with Crippen molar-refractivity contribution >= 4 is 17.5 Å². The Morgan fingerprint density at radius 2 is 2.28 bits per heavy atom. The lowest BCUT2D eigenvalue weighted by Gasteiger charge is -2.28. The molecule has 18 heavy (non-hydrogen) atoms. The van der Waals surface area contributed by atoms with E-state index in [1.165, 1.54) is 0 Å². The molecule has 0 saturated heterocycles. The Labute approximate surface area is 112 Å². The number of nitrogens with one attached hydrogen (secondary N) is 1. The molecule has 0 aliphatic heterocycles. The first-order valence-corrected chi connectivity index (χ1v) is 6.84. The highest BCUT2D eigenvalue weighted by Gasteiger charge is 2.25. The molecule has 1 heterocycles. The van der Waals surface area contributed by atoms with Gasteiger partial charge >= 0.3 is 0 Å². The Morgan fingerprint density at radius 3 is 2.94 bits per heavy atom. The van der Waals surface area contributed by atoms with E-state index in [0.717, 1.165) is 25.7 Å². The highest BCUT2D eigenvalue weighted by molar-refractivity contribution is 6.31. The summed E-state index contributed by atoms with van der Waals surface area (Å²) >= 11 is 5.91. The first kappa shape index (κ1) is 13.4. The van der Waals surface area contributed by atoms with E-state index in [0.29, 0.717) is 17.3 Å². The quantitative estimate of drug-likeness (QED) is 0.885. The van der Waals surface area contributed by atoms with Crippen LogP contribution in [0.3, 0.4) is 0 Å². The van der Waals surface area contributed by atoms with Gasteiger partial charge < -0.3 is 15.0 Å². The van der Waals surface area contributed by atoms with E-state index in [1.54, 1.807) is 12.3 Å². The molecule has 1 amide bonds. The van der Waals surface area contributed by atoms with Crippen LogP contribution in [0.15, 0.2) is 12.3 Å². The fraction of sp³-hybridized carbons (Fsp3) is 0.615. The number of hydrogen-bond acceptors (Lipinski definition) is 2. The minimum atomic E-state index is -0.428. The van der Waals surface area contributed by atoms with Crippen LogP contribution in [-0.4, -0.2) is 27.7 Å². The van der Waals surface area contributed by atoms with Gasteiger partial charge in [-0.2, -0.15) is 0 Å². The number of nitrogens with zero attached hydrogens (tertiary/aromatic N) is 1. The number of rotatable bonds is 3. The zero-order valence-electron chi connectivity index (χ0n) is 10.5. The largest absolute Gasteiger partial charge is 0.391 e. The molecular weight excluding hydrogens is 252 g/mol. The van der Waals surface area contributed by atoms with Crippen molar-refractivity contribution < 1.29 is 9.90 Å². The van der Waals surface area contributed by atoms with Crippen LogP contribution in [0.4, 0.5) is 0 Å². The molecule has 0 radical (unpaired) electrons. The summed E-state index contributed by atoms with van der Waals surface area (Å²) in [6.45, 7) is 2.66. The number of amides is 1. The van der Waals surface area contributed by atoms with E-state index >= 15 is 0 Å². The molecule has 1 aromatic heterocycles. The fourth-order valence-electron chi connectivity index (χ4n) is 2.45. The van der Waals surface area contributed by atoms with Crippen LogP contribution < -0.4 is 5.32 Å². The van der Waals surface area contributed by atoms with Crippen molar-refractivity contribution in [3.63, 3.8) is 0 Å². The Morgan fingerprint density at radius 1 is 1.56 bits per heavy atom. The minimum absolute atomic E-state index is 0.134. The van der Waals surface area contributed by atoms with Crippen molar-refractivity contribution in [3.05, 3.63) is 23.0 Å². The molecule has 0 spiro atoms. The molecular formula is C13H19ClN2O2. The Balaban J connectivity index is 2.06. The van der Waals surface area contributed by atoms with Crippen molar-refractivity contribution in [2.45, 2.75) is 51.3 Å². The van der Waals surface area contributed by atoms with Gasteiger partial charge in [-0.3, -0.25) is 4.79 Å². The lowest BCUT2D eigenvalue weighted by Crippen LogP contribution is -2.45. The highest BCUT2D eigenvalue weighted by Crippen LogP contribution is 2.20. The van der Waals surface area contributed by atoms with Crippen LogP contribution in [0.5, 0.6) is 0 Å². The standard InChI is InChI=1S/C13H19ClN2O2/c1-2-16-8-9(14)7-11(16)13(18)15-10-5-3-4-6-12(10)17/h7-8,10,12,17H,2-6H2,1H3,(H,15,18). The molecule has 5 heteroatoms. The second-order valence-corrected chi connectivity index (χ2v) is 5.20. The normalized spacial score (nSPS) is 23.9. The predicted molar refractivity (Wildman–Crippen MR) is 70.8 cm³/mol. The average Bonchev–Trinajstić information content (AvgIpc) is 2.73. The Kier molecular flexibility index (Phi) is 4.30. The molecule has 1 aliphatic rings. The lowest BCUT2D eigenvalue weighted by molar-refractivity contribution is 0.0711. The highest BCUT2D eigenvalue weighted by atomic mass is 35.5. The third-order valence-electron chi connectivity index (χ3n) is 3.48. The summed E-state index contributed by atoms with van der Waals surface area (Å²) in [6, 6.07) is 1.53. The van der Waals surface area contributed by atoms with Gasteiger partial charge in [0.15, 0.2) is 0 Å². The number of aliphatic hydroxyl groups is 1. The van der Waals surface area contributed by atoms with Crippen molar-refractivity contribution in [1.82, 2.24) is 9.88 Å². The van der Waals surface area contributed by atoms with Crippen LogP contribution in [0.1, 0.15) is 43.1 Å². The van der Waals surface area contributed by atoms with Crippen molar-refractivity contribution in [2.75, 3.05) is 0 Å². The maximum atomic E-state index is 12.1. The van der Waals surface area contributed by atoms with Gasteiger partial charge in [0, 0.05) is 12.7 Å². The molecule has 1 aromatic rings. The minimum Gasteiger partial charge on any atom is -0.391 e. The van der Waals surface area contributed by atoms with E-state index in [-0.39, 0.29) is 11.9 Å². The smallest absolute Gasteiger partial charge is 0.268 e. The monoisotopic (exact) mass is 270 g/mol. The summed E-state index contributed by atoms with van der Waals surface area (Å²) < 4.78 is 1.81. The fourth-order valence-corrected chi connectivity index (χ4v) is 2.67.